The molecule has 0 fully saturated rings. The highest BCUT2D eigenvalue weighted by molar-refractivity contribution is 6.01. The molecule has 1 N–H and O–H groups in total. The molecule has 0 saturated carbocycles. The molecule has 3 aromatic carbocycles. The van der Waals surface area contributed by atoms with E-state index in [1.807, 2.05) is 60.7 Å². The van der Waals surface area contributed by atoms with E-state index < -0.39 is 6.10 Å². The summed E-state index contributed by atoms with van der Waals surface area (Å²) in [5, 5.41) is 13.3. The molecule has 0 radical (unpaired) electrons. The van der Waals surface area contributed by atoms with Crippen LogP contribution in [0, 0.1) is 0 Å². The van der Waals surface area contributed by atoms with Crippen LogP contribution in [0.25, 0.3) is 32.8 Å². The van der Waals surface area contributed by atoms with Gasteiger partial charge in [-0.25, -0.2) is 4.98 Å². The van der Waals surface area contributed by atoms with E-state index in [-0.39, 0.29) is 24.3 Å². The second-order valence-corrected chi connectivity index (χ2v) is 6.92. The first-order valence-corrected chi connectivity index (χ1v) is 9.36. The third kappa shape index (κ3) is 3.13. The highest BCUT2D eigenvalue weighted by atomic mass is 16.5. The molecule has 0 amide bonds. The van der Waals surface area contributed by atoms with E-state index in [1.165, 1.54) is 10.9 Å². The monoisotopic (exact) mass is 386 g/mol. The van der Waals surface area contributed by atoms with Crippen LogP contribution in [0.5, 0.6) is 5.75 Å². The lowest BCUT2D eigenvalue weighted by Gasteiger charge is -2.14. The van der Waals surface area contributed by atoms with Gasteiger partial charge >= 0.3 is 0 Å². The first-order chi connectivity index (χ1) is 14.2. The molecule has 0 spiro atoms. The van der Waals surface area contributed by atoms with Gasteiger partial charge in [-0.15, -0.1) is 0 Å². The second-order valence-electron chi connectivity index (χ2n) is 6.92. The molecule has 0 bridgehead atoms. The summed E-state index contributed by atoms with van der Waals surface area (Å²) < 4.78 is 12.8. The fraction of sp³-hybridized carbons (Fsp3) is 0.130. The van der Waals surface area contributed by atoms with Gasteiger partial charge in [-0.3, -0.25) is 9.36 Å². The minimum Gasteiger partial charge on any atom is -0.490 e. The Hall–Kier alpha value is -3.64. The number of aromatic nitrogens is 2. The Labute approximate surface area is 165 Å². The Bertz CT molecular complexity index is 1380. The molecule has 0 saturated heterocycles. The normalized spacial score (nSPS) is 12.6. The number of hydrogen-bond acceptors (Lipinski definition) is 5. The van der Waals surface area contributed by atoms with Gasteiger partial charge in [-0.05, 0) is 23.6 Å². The minimum atomic E-state index is -0.879. The molecular weight excluding hydrogens is 368 g/mol. The van der Waals surface area contributed by atoms with Gasteiger partial charge < -0.3 is 14.3 Å². The number of fused-ring (bicyclic) bond motifs is 4. The minimum absolute atomic E-state index is 0.0542. The maximum absolute atomic E-state index is 12.8. The number of aliphatic hydroxyl groups excluding tert-OH is 1. The molecule has 2 aromatic heterocycles. The number of para-hydroxylation sites is 1. The zero-order valence-corrected chi connectivity index (χ0v) is 15.5. The highest BCUT2D eigenvalue weighted by Gasteiger charge is 2.15. The van der Waals surface area contributed by atoms with Crippen LogP contribution in [0.15, 0.2) is 82.3 Å². The molecule has 5 rings (SSSR count). The lowest BCUT2D eigenvalue weighted by Crippen LogP contribution is -2.30. The van der Waals surface area contributed by atoms with Crippen molar-refractivity contribution in [2.75, 3.05) is 6.61 Å². The summed E-state index contributed by atoms with van der Waals surface area (Å²) in [4.78, 5) is 17.1. The smallest absolute Gasteiger partial charge is 0.297 e. The third-order valence-corrected chi connectivity index (χ3v) is 4.94. The van der Waals surface area contributed by atoms with Gasteiger partial charge in [0.2, 0.25) is 5.58 Å². The number of ether oxygens (including phenoxy) is 1. The van der Waals surface area contributed by atoms with Gasteiger partial charge in [-0.1, -0.05) is 48.5 Å². The third-order valence-electron chi connectivity index (χ3n) is 4.94. The molecular formula is C23H18N2O4. The van der Waals surface area contributed by atoms with Gasteiger partial charge in [-0.2, -0.15) is 0 Å². The number of rotatable bonds is 5. The Kier molecular flexibility index (Phi) is 4.26. The maximum atomic E-state index is 12.8. The van der Waals surface area contributed by atoms with Gasteiger partial charge in [0, 0.05) is 10.8 Å². The largest absolute Gasteiger partial charge is 0.490 e. The lowest BCUT2D eigenvalue weighted by atomic mass is 10.1. The summed E-state index contributed by atoms with van der Waals surface area (Å²) in [5.41, 5.74) is 1.01. The van der Waals surface area contributed by atoms with E-state index in [9.17, 15) is 9.90 Å². The summed E-state index contributed by atoms with van der Waals surface area (Å²) in [7, 11) is 0. The molecule has 6 nitrogen and oxygen atoms in total. The van der Waals surface area contributed by atoms with Crippen molar-refractivity contribution in [3.05, 3.63) is 83.4 Å². The molecule has 5 aromatic rings. The molecule has 144 valence electrons. The summed E-state index contributed by atoms with van der Waals surface area (Å²) >= 11 is 0. The van der Waals surface area contributed by atoms with E-state index in [4.69, 9.17) is 9.15 Å². The molecule has 2 heterocycles. The van der Waals surface area contributed by atoms with Crippen LogP contribution in [-0.4, -0.2) is 27.4 Å². The Morgan fingerprint density at radius 2 is 1.76 bits per heavy atom. The second kappa shape index (κ2) is 7.07. The average molecular weight is 386 g/mol. The van der Waals surface area contributed by atoms with Crippen LogP contribution in [-0.2, 0) is 6.54 Å². The van der Waals surface area contributed by atoms with Crippen molar-refractivity contribution in [2.45, 2.75) is 12.6 Å². The van der Waals surface area contributed by atoms with E-state index >= 15 is 0 Å². The van der Waals surface area contributed by atoms with Crippen molar-refractivity contribution < 1.29 is 14.3 Å². The van der Waals surface area contributed by atoms with E-state index in [0.717, 1.165) is 16.2 Å². The van der Waals surface area contributed by atoms with Crippen molar-refractivity contribution in [2.24, 2.45) is 0 Å². The van der Waals surface area contributed by atoms with E-state index in [0.29, 0.717) is 16.8 Å². The molecule has 0 aliphatic carbocycles. The summed E-state index contributed by atoms with van der Waals surface area (Å²) in [5.74, 6) is 0.695. The van der Waals surface area contributed by atoms with Gasteiger partial charge in [0.25, 0.3) is 5.56 Å². The topological polar surface area (TPSA) is 77.5 Å². The first kappa shape index (κ1) is 17.5. The molecule has 1 atom stereocenters. The molecule has 29 heavy (non-hydrogen) atoms. The molecule has 0 aliphatic heterocycles. The molecule has 6 heteroatoms. The Morgan fingerprint density at radius 1 is 1.00 bits per heavy atom. The van der Waals surface area contributed by atoms with E-state index in [1.54, 1.807) is 6.07 Å². The van der Waals surface area contributed by atoms with Crippen LogP contribution in [0.4, 0.5) is 0 Å². The summed E-state index contributed by atoms with van der Waals surface area (Å²) in [6, 6.07) is 21.1. The lowest BCUT2D eigenvalue weighted by molar-refractivity contribution is 0.0921. The zero-order chi connectivity index (χ0) is 19.8. The number of aliphatic hydroxyl groups is 1. The van der Waals surface area contributed by atoms with Crippen molar-refractivity contribution in [3.8, 4) is 5.75 Å². The first-order valence-electron chi connectivity index (χ1n) is 9.36. The molecule has 0 aliphatic rings. The molecule has 1 unspecified atom stereocenters. The van der Waals surface area contributed by atoms with Crippen molar-refractivity contribution in [1.29, 1.82) is 0 Å². The predicted molar refractivity (Wildman–Crippen MR) is 111 cm³/mol. The van der Waals surface area contributed by atoms with Gasteiger partial charge in [0.1, 0.15) is 29.6 Å². The van der Waals surface area contributed by atoms with Gasteiger partial charge in [0.05, 0.1) is 12.9 Å². The van der Waals surface area contributed by atoms with Crippen molar-refractivity contribution in [1.82, 2.24) is 9.55 Å². The van der Waals surface area contributed by atoms with Crippen LogP contribution in [0.1, 0.15) is 0 Å². The quantitative estimate of drug-likeness (QED) is 0.498. The van der Waals surface area contributed by atoms with Crippen molar-refractivity contribution in [3.63, 3.8) is 0 Å². The Morgan fingerprint density at radius 3 is 2.66 bits per heavy atom. The van der Waals surface area contributed by atoms with Crippen LogP contribution >= 0.6 is 0 Å². The number of nitrogens with zero attached hydrogens (tertiary/aromatic N) is 2. The predicted octanol–water partition coefficient (Wildman–Crippen LogP) is 3.74. The standard InChI is InChI=1S/C23H18N2O4/c26-16(13-28-19-11-5-7-15-6-1-2-8-17(15)19)12-25-14-24-21-18-9-3-4-10-20(18)29-22(21)23(25)27/h1-11,14,16,26H,12-13H2. The number of hydrogen-bond donors (Lipinski definition) is 1. The van der Waals surface area contributed by atoms with Crippen LogP contribution < -0.4 is 10.3 Å². The van der Waals surface area contributed by atoms with Crippen LogP contribution in [0.3, 0.4) is 0 Å². The summed E-state index contributed by atoms with van der Waals surface area (Å²) in [6.07, 6.45) is 0.559. The Balaban J connectivity index is 1.37. The maximum Gasteiger partial charge on any atom is 0.297 e. The fourth-order valence-electron chi connectivity index (χ4n) is 3.53. The van der Waals surface area contributed by atoms with Gasteiger partial charge in [0.15, 0.2) is 0 Å². The highest BCUT2D eigenvalue weighted by Crippen LogP contribution is 2.26. The SMILES string of the molecule is O=c1c2oc3ccccc3c2ncn1CC(O)COc1cccc2ccccc12. The van der Waals surface area contributed by atoms with E-state index in [2.05, 4.69) is 4.98 Å². The number of benzene rings is 3. The zero-order valence-electron chi connectivity index (χ0n) is 15.5. The fourth-order valence-corrected chi connectivity index (χ4v) is 3.53. The average Bonchev–Trinajstić information content (AvgIpc) is 3.14. The summed E-state index contributed by atoms with van der Waals surface area (Å²) in [6.45, 7) is 0.113. The van der Waals surface area contributed by atoms with Crippen LogP contribution in [0.2, 0.25) is 0 Å². The van der Waals surface area contributed by atoms with Crippen molar-refractivity contribution >= 4 is 32.8 Å². The number of furan rings is 1.